The Morgan fingerprint density at radius 2 is 2.00 bits per heavy atom. The van der Waals surface area contributed by atoms with Gasteiger partial charge in [0.2, 0.25) is 0 Å². The summed E-state index contributed by atoms with van der Waals surface area (Å²) in [5, 5.41) is 9.02. The van der Waals surface area contributed by atoms with Crippen molar-refractivity contribution in [3.63, 3.8) is 0 Å². The molecule has 1 atom stereocenters. The first kappa shape index (κ1) is 9.34. The lowest BCUT2D eigenvalue weighted by Crippen LogP contribution is -2.15. The molecule has 1 aromatic carbocycles. The van der Waals surface area contributed by atoms with Crippen LogP contribution in [-0.2, 0) is 0 Å². The van der Waals surface area contributed by atoms with E-state index < -0.39 is 0 Å². The van der Waals surface area contributed by atoms with Crippen LogP contribution in [0.25, 0.3) is 0 Å². The molecule has 1 aliphatic rings. The fourth-order valence-corrected chi connectivity index (χ4v) is 1.47. The zero-order valence-corrected chi connectivity index (χ0v) is 8.19. The molecule has 0 aromatic heterocycles. The van der Waals surface area contributed by atoms with Gasteiger partial charge in [-0.3, -0.25) is 0 Å². The normalized spacial score (nSPS) is 16.4. The molecule has 76 valence electrons. The van der Waals surface area contributed by atoms with Crippen LogP contribution in [0, 0.1) is 0 Å². The molecular formula is C11H14O3. The minimum atomic E-state index is 0.144. The fraction of sp³-hybridized carbons (Fsp3) is 0.455. The fourth-order valence-electron chi connectivity index (χ4n) is 1.47. The van der Waals surface area contributed by atoms with E-state index in [9.17, 15) is 0 Å². The molecule has 3 heteroatoms. The molecule has 14 heavy (non-hydrogen) atoms. The predicted molar refractivity (Wildman–Crippen MR) is 52.9 cm³/mol. The van der Waals surface area contributed by atoms with Crippen LogP contribution < -0.4 is 9.47 Å². The van der Waals surface area contributed by atoms with Gasteiger partial charge in [-0.05, 0) is 17.7 Å². The number of hydrogen-bond donors (Lipinski definition) is 1. The molecule has 0 unspecified atom stereocenters. The van der Waals surface area contributed by atoms with E-state index in [4.69, 9.17) is 14.6 Å². The van der Waals surface area contributed by atoms with Crippen LogP contribution in [0.3, 0.4) is 0 Å². The summed E-state index contributed by atoms with van der Waals surface area (Å²) in [5.41, 5.74) is 1.08. The molecule has 0 fully saturated rings. The number of aliphatic hydroxyl groups excluding tert-OH is 1. The average Bonchev–Trinajstić information content (AvgIpc) is 2.27. The highest BCUT2D eigenvalue weighted by Crippen LogP contribution is 2.32. The molecule has 1 N–H and O–H groups in total. The van der Waals surface area contributed by atoms with Crippen LogP contribution in [0.2, 0.25) is 0 Å². The Hall–Kier alpha value is -1.22. The van der Waals surface area contributed by atoms with Crippen LogP contribution in [0.1, 0.15) is 18.4 Å². The van der Waals surface area contributed by atoms with E-state index in [1.165, 1.54) is 0 Å². The first-order chi connectivity index (χ1) is 6.81. The van der Waals surface area contributed by atoms with Crippen LogP contribution in [0.4, 0.5) is 0 Å². The summed E-state index contributed by atoms with van der Waals surface area (Å²) >= 11 is 0. The Labute approximate surface area is 83.3 Å². The molecule has 0 aliphatic carbocycles. The molecular weight excluding hydrogens is 180 g/mol. The van der Waals surface area contributed by atoms with Gasteiger partial charge in [-0.2, -0.15) is 0 Å². The van der Waals surface area contributed by atoms with Crippen LogP contribution in [-0.4, -0.2) is 24.9 Å². The van der Waals surface area contributed by atoms with Gasteiger partial charge in [0.05, 0.1) is 0 Å². The van der Waals surface area contributed by atoms with Crippen molar-refractivity contribution in [3.8, 4) is 11.5 Å². The average molecular weight is 194 g/mol. The minimum Gasteiger partial charge on any atom is -0.486 e. The van der Waals surface area contributed by atoms with Gasteiger partial charge in [0, 0.05) is 12.5 Å². The number of benzene rings is 1. The molecule has 1 aliphatic heterocycles. The van der Waals surface area contributed by atoms with Crippen molar-refractivity contribution in [1.29, 1.82) is 0 Å². The third kappa shape index (κ3) is 1.68. The van der Waals surface area contributed by atoms with Crippen molar-refractivity contribution in [2.75, 3.05) is 19.8 Å². The lowest BCUT2D eigenvalue weighted by molar-refractivity contribution is 0.171. The predicted octanol–water partition coefficient (Wildman–Crippen LogP) is 1.55. The number of ether oxygens (including phenoxy) is 2. The minimum absolute atomic E-state index is 0.144. The van der Waals surface area contributed by atoms with Gasteiger partial charge in [-0.15, -0.1) is 0 Å². The maximum Gasteiger partial charge on any atom is 0.161 e. The molecule has 0 amide bonds. The molecule has 3 nitrogen and oxygen atoms in total. The van der Waals surface area contributed by atoms with Crippen molar-refractivity contribution in [2.24, 2.45) is 0 Å². The summed E-state index contributed by atoms with van der Waals surface area (Å²) in [6.45, 7) is 3.34. The monoisotopic (exact) mass is 194 g/mol. The Bertz CT molecular complexity index is 322. The van der Waals surface area contributed by atoms with Crippen molar-refractivity contribution in [1.82, 2.24) is 0 Å². The van der Waals surface area contributed by atoms with Gasteiger partial charge in [-0.1, -0.05) is 13.0 Å². The van der Waals surface area contributed by atoms with Gasteiger partial charge in [-0.25, -0.2) is 0 Å². The Morgan fingerprint density at radius 3 is 2.71 bits per heavy atom. The second kappa shape index (κ2) is 3.88. The molecule has 1 aromatic rings. The highest BCUT2D eigenvalue weighted by molar-refractivity contribution is 5.44. The van der Waals surface area contributed by atoms with Gasteiger partial charge in [0.25, 0.3) is 0 Å². The van der Waals surface area contributed by atoms with E-state index in [1.54, 1.807) is 0 Å². The summed E-state index contributed by atoms with van der Waals surface area (Å²) in [6.07, 6.45) is 0. The lowest BCUT2D eigenvalue weighted by atomic mass is 10.0. The molecule has 0 saturated heterocycles. The maximum atomic E-state index is 9.02. The Kier molecular flexibility index (Phi) is 2.59. The molecule has 0 radical (unpaired) electrons. The molecule has 0 bridgehead atoms. The molecule has 2 rings (SSSR count). The first-order valence-corrected chi connectivity index (χ1v) is 4.81. The first-order valence-electron chi connectivity index (χ1n) is 4.81. The summed E-state index contributed by atoms with van der Waals surface area (Å²) in [4.78, 5) is 0. The number of rotatable bonds is 2. The SMILES string of the molecule is C[C@@H](CO)c1ccc2c(c1)OCCO2. The standard InChI is InChI=1S/C11H14O3/c1-8(7-12)9-2-3-10-11(6-9)14-5-4-13-10/h2-3,6,8,12H,4-5,7H2,1H3/t8-/m0/s1. The molecule has 0 spiro atoms. The maximum absolute atomic E-state index is 9.02. The van der Waals surface area contributed by atoms with E-state index in [1.807, 2.05) is 25.1 Å². The summed E-state index contributed by atoms with van der Waals surface area (Å²) in [5.74, 6) is 1.73. The number of hydrogen-bond acceptors (Lipinski definition) is 3. The number of aliphatic hydroxyl groups is 1. The highest BCUT2D eigenvalue weighted by atomic mass is 16.6. The van der Waals surface area contributed by atoms with E-state index in [-0.39, 0.29) is 12.5 Å². The van der Waals surface area contributed by atoms with Gasteiger partial charge >= 0.3 is 0 Å². The van der Waals surface area contributed by atoms with E-state index >= 15 is 0 Å². The second-order valence-corrected chi connectivity index (χ2v) is 3.49. The topological polar surface area (TPSA) is 38.7 Å². The van der Waals surface area contributed by atoms with E-state index in [0.29, 0.717) is 13.2 Å². The third-order valence-corrected chi connectivity index (χ3v) is 2.41. The van der Waals surface area contributed by atoms with Crippen molar-refractivity contribution in [3.05, 3.63) is 23.8 Å². The number of fused-ring (bicyclic) bond motifs is 1. The summed E-state index contributed by atoms with van der Waals surface area (Å²) < 4.78 is 10.9. The largest absolute Gasteiger partial charge is 0.486 e. The van der Waals surface area contributed by atoms with Crippen molar-refractivity contribution in [2.45, 2.75) is 12.8 Å². The van der Waals surface area contributed by atoms with E-state index in [0.717, 1.165) is 17.1 Å². The molecule has 1 heterocycles. The van der Waals surface area contributed by atoms with Crippen LogP contribution in [0.15, 0.2) is 18.2 Å². The highest BCUT2D eigenvalue weighted by Gasteiger charge is 2.13. The molecule has 0 saturated carbocycles. The van der Waals surface area contributed by atoms with Gasteiger partial charge in [0.1, 0.15) is 13.2 Å². The van der Waals surface area contributed by atoms with Crippen molar-refractivity contribution < 1.29 is 14.6 Å². The third-order valence-electron chi connectivity index (χ3n) is 2.41. The lowest BCUT2D eigenvalue weighted by Gasteiger charge is -2.20. The summed E-state index contributed by atoms with van der Waals surface area (Å²) in [6, 6.07) is 5.81. The van der Waals surface area contributed by atoms with Gasteiger partial charge in [0.15, 0.2) is 11.5 Å². The zero-order chi connectivity index (χ0) is 9.97. The Balaban J connectivity index is 2.29. The van der Waals surface area contributed by atoms with Crippen LogP contribution >= 0.6 is 0 Å². The quantitative estimate of drug-likeness (QED) is 0.776. The van der Waals surface area contributed by atoms with Crippen LogP contribution in [0.5, 0.6) is 11.5 Å². The van der Waals surface area contributed by atoms with Crippen molar-refractivity contribution >= 4 is 0 Å². The van der Waals surface area contributed by atoms with Gasteiger partial charge < -0.3 is 14.6 Å². The second-order valence-electron chi connectivity index (χ2n) is 3.49. The smallest absolute Gasteiger partial charge is 0.161 e. The zero-order valence-electron chi connectivity index (χ0n) is 8.19. The van der Waals surface area contributed by atoms with E-state index in [2.05, 4.69) is 0 Å². The Morgan fingerprint density at radius 1 is 1.29 bits per heavy atom. The summed E-state index contributed by atoms with van der Waals surface area (Å²) in [7, 11) is 0.